The van der Waals surface area contributed by atoms with Crippen LogP contribution in [-0.2, 0) is 6.18 Å². The molecule has 0 amide bonds. The van der Waals surface area contributed by atoms with E-state index in [0.717, 1.165) is 12.1 Å². The third-order valence-corrected chi connectivity index (χ3v) is 3.00. The molecule has 2 rings (SSSR count). The molecule has 1 aliphatic rings. The second-order valence-electron chi connectivity index (χ2n) is 4.94. The summed E-state index contributed by atoms with van der Waals surface area (Å²) in [7, 11) is 0. The van der Waals surface area contributed by atoms with Gasteiger partial charge in [0.1, 0.15) is 5.75 Å². The molecule has 1 heterocycles. The molecule has 0 spiro atoms. The molecular formula is C19H27F3N4O. The molecule has 27 heavy (non-hydrogen) atoms. The molecule has 0 saturated heterocycles. The van der Waals surface area contributed by atoms with Gasteiger partial charge in [-0.2, -0.15) is 13.2 Å². The van der Waals surface area contributed by atoms with Crippen molar-refractivity contribution in [3.63, 3.8) is 0 Å². The van der Waals surface area contributed by atoms with Crippen LogP contribution in [-0.4, -0.2) is 23.2 Å². The van der Waals surface area contributed by atoms with Crippen LogP contribution in [0.3, 0.4) is 0 Å². The fourth-order valence-electron chi connectivity index (χ4n) is 1.92. The van der Waals surface area contributed by atoms with Gasteiger partial charge in [0.05, 0.1) is 29.1 Å². The molecule has 1 aliphatic heterocycles. The maximum atomic E-state index is 12.6. The lowest BCUT2D eigenvalue weighted by atomic mass is 10.1. The van der Waals surface area contributed by atoms with Gasteiger partial charge in [-0.25, -0.2) is 4.99 Å². The Morgan fingerprint density at radius 3 is 2.26 bits per heavy atom. The zero-order chi connectivity index (χ0) is 21.2. The van der Waals surface area contributed by atoms with Gasteiger partial charge in [0.25, 0.3) is 0 Å². The average Bonchev–Trinajstić information content (AvgIpc) is 2.79. The Balaban J connectivity index is 0.00000158. The SMILES string of the molecule is C/C(N)=C/C1=NC(c2ccc(C(F)(F)F)cc2O)=NCC=C1N.CC.CC. The molecule has 1 aromatic rings. The summed E-state index contributed by atoms with van der Waals surface area (Å²) >= 11 is 0. The number of aliphatic imine (C=N–C) groups is 2. The summed E-state index contributed by atoms with van der Waals surface area (Å²) in [6.07, 6.45) is -1.42. The van der Waals surface area contributed by atoms with Gasteiger partial charge >= 0.3 is 6.18 Å². The van der Waals surface area contributed by atoms with Gasteiger partial charge < -0.3 is 16.6 Å². The van der Waals surface area contributed by atoms with E-state index >= 15 is 0 Å². The van der Waals surface area contributed by atoms with Crippen LogP contribution < -0.4 is 11.5 Å². The number of hydrogen-bond donors (Lipinski definition) is 3. The molecule has 0 aromatic heterocycles. The van der Waals surface area contributed by atoms with Gasteiger partial charge in [0.15, 0.2) is 5.84 Å². The van der Waals surface area contributed by atoms with E-state index in [1.807, 2.05) is 27.7 Å². The maximum absolute atomic E-state index is 12.6. The highest BCUT2D eigenvalue weighted by Gasteiger charge is 2.31. The Hall–Kier alpha value is -2.77. The van der Waals surface area contributed by atoms with Crippen LogP contribution in [0.25, 0.3) is 0 Å². The largest absolute Gasteiger partial charge is 0.507 e. The monoisotopic (exact) mass is 384 g/mol. The number of benzene rings is 1. The second kappa shape index (κ2) is 11.1. The summed E-state index contributed by atoms with van der Waals surface area (Å²) in [5.41, 5.74) is 11.7. The van der Waals surface area contributed by atoms with Gasteiger partial charge in [0, 0.05) is 5.70 Å². The number of rotatable bonds is 2. The minimum atomic E-state index is -4.54. The van der Waals surface area contributed by atoms with E-state index in [1.165, 1.54) is 6.08 Å². The molecule has 5 N–H and O–H groups in total. The number of allylic oxidation sites excluding steroid dienone is 2. The maximum Gasteiger partial charge on any atom is 0.416 e. The van der Waals surface area contributed by atoms with E-state index < -0.39 is 17.5 Å². The Bertz CT molecular complexity index is 744. The number of hydrogen-bond acceptors (Lipinski definition) is 5. The van der Waals surface area contributed by atoms with E-state index in [9.17, 15) is 18.3 Å². The van der Waals surface area contributed by atoms with E-state index in [1.54, 1.807) is 13.0 Å². The van der Waals surface area contributed by atoms with Gasteiger partial charge in [0.2, 0.25) is 0 Å². The van der Waals surface area contributed by atoms with Crippen molar-refractivity contribution in [1.29, 1.82) is 0 Å². The first-order valence-electron chi connectivity index (χ1n) is 8.62. The first-order valence-corrected chi connectivity index (χ1v) is 8.62. The standard InChI is InChI=1S/C15H15F3N4O.2C2H6/c1-8(19)6-12-11(20)4-5-21-14(22-12)10-3-2-9(7-13(10)23)15(16,17)18;2*1-2/h2-4,6-7,23H,5,19-20H2,1H3;2*1-2H3/b8-6-;;. The van der Waals surface area contributed by atoms with E-state index in [0.29, 0.717) is 23.2 Å². The van der Waals surface area contributed by atoms with Gasteiger partial charge in [-0.3, -0.25) is 4.99 Å². The zero-order valence-corrected chi connectivity index (χ0v) is 16.2. The molecule has 1 aromatic carbocycles. The van der Waals surface area contributed by atoms with Crippen molar-refractivity contribution in [1.82, 2.24) is 0 Å². The normalized spacial score (nSPS) is 14.4. The van der Waals surface area contributed by atoms with Crippen molar-refractivity contribution in [3.05, 3.63) is 52.9 Å². The molecule has 0 bridgehead atoms. The number of amidine groups is 1. The summed E-state index contributed by atoms with van der Waals surface area (Å²) in [4.78, 5) is 8.31. The van der Waals surface area contributed by atoms with Crippen molar-refractivity contribution in [3.8, 4) is 5.75 Å². The van der Waals surface area contributed by atoms with Crippen LogP contribution in [0.15, 0.2) is 51.7 Å². The summed E-state index contributed by atoms with van der Waals surface area (Å²) in [6.45, 7) is 9.83. The molecule has 0 aliphatic carbocycles. The molecule has 0 fully saturated rings. The number of phenols is 1. The van der Waals surface area contributed by atoms with E-state index in [-0.39, 0.29) is 17.9 Å². The number of nitrogens with zero attached hydrogens (tertiary/aromatic N) is 2. The molecule has 150 valence electrons. The fourth-order valence-corrected chi connectivity index (χ4v) is 1.92. The number of phenolic OH excluding ortho intramolecular Hbond substituents is 1. The highest BCUT2D eigenvalue weighted by molar-refractivity contribution is 6.17. The van der Waals surface area contributed by atoms with Crippen LogP contribution in [0.4, 0.5) is 13.2 Å². The predicted molar refractivity (Wildman–Crippen MR) is 105 cm³/mol. The number of halogens is 3. The second-order valence-corrected chi connectivity index (χ2v) is 4.94. The van der Waals surface area contributed by atoms with Crippen molar-refractivity contribution in [2.45, 2.75) is 40.8 Å². The molecule has 0 saturated carbocycles. The smallest absolute Gasteiger partial charge is 0.416 e. The summed E-state index contributed by atoms with van der Waals surface area (Å²) < 4.78 is 37.9. The zero-order valence-electron chi connectivity index (χ0n) is 16.2. The van der Waals surface area contributed by atoms with Crippen molar-refractivity contribution in [2.75, 3.05) is 6.54 Å². The van der Waals surface area contributed by atoms with Gasteiger partial charge in [-0.1, -0.05) is 27.7 Å². The minimum absolute atomic E-state index is 0.0837. The molecule has 8 heteroatoms. The highest BCUT2D eigenvalue weighted by Crippen LogP contribution is 2.33. The third-order valence-electron chi connectivity index (χ3n) is 3.00. The lowest BCUT2D eigenvalue weighted by Gasteiger charge is -2.10. The Labute approximate surface area is 158 Å². The molecule has 0 atom stereocenters. The van der Waals surface area contributed by atoms with Gasteiger partial charge in [-0.05, 0) is 37.3 Å². The van der Waals surface area contributed by atoms with Gasteiger partial charge in [-0.15, -0.1) is 0 Å². The Morgan fingerprint density at radius 2 is 1.78 bits per heavy atom. The van der Waals surface area contributed by atoms with Crippen molar-refractivity contribution >= 4 is 11.5 Å². The highest BCUT2D eigenvalue weighted by atomic mass is 19.4. The number of alkyl halides is 3. The van der Waals surface area contributed by atoms with Crippen LogP contribution in [0.1, 0.15) is 45.7 Å². The van der Waals surface area contributed by atoms with Crippen LogP contribution >= 0.6 is 0 Å². The first kappa shape index (κ1) is 24.2. The lowest BCUT2D eigenvalue weighted by molar-refractivity contribution is -0.137. The predicted octanol–water partition coefficient (Wildman–Crippen LogP) is 4.37. The van der Waals surface area contributed by atoms with Crippen molar-refractivity contribution in [2.24, 2.45) is 21.5 Å². The summed E-state index contributed by atoms with van der Waals surface area (Å²) in [6, 6.07) is 2.62. The minimum Gasteiger partial charge on any atom is -0.507 e. The molecule has 0 radical (unpaired) electrons. The topological polar surface area (TPSA) is 97.0 Å². The quantitative estimate of drug-likeness (QED) is 0.706. The van der Waals surface area contributed by atoms with Crippen molar-refractivity contribution < 1.29 is 18.3 Å². The lowest BCUT2D eigenvalue weighted by Crippen LogP contribution is -2.13. The number of aromatic hydroxyl groups is 1. The van der Waals surface area contributed by atoms with Crippen LogP contribution in [0.2, 0.25) is 0 Å². The average molecular weight is 384 g/mol. The fraction of sp³-hybridized carbons (Fsp3) is 0.368. The van der Waals surface area contributed by atoms with Crippen LogP contribution in [0, 0.1) is 0 Å². The Morgan fingerprint density at radius 1 is 1.19 bits per heavy atom. The number of nitrogens with two attached hydrogens (primary N) is 2. The molecular weight excluding hydrogens is 357 g/mol. The molecule has 5 nitrogen and oxygen atoms in total. The Kier molecular flexibility index (Phi) is 9.92. The summed E-state index contributed by atoms with van der Waals surface area (Å²) in [5.74, 6) is -0.476. The first-order chi connectivity index (χ1) is 12.7. The third kappa shape index (κ3) is 7.16. The van der Waals surface area contributed by atoms with E-state index in [2.05, 4.69) is 9.98 Å². The summed E-state index contributed by atoms with van der Waals surface area (Å²) in [5, 5.41) is 9.89. The van der Waals surface area contributed by atoms with Crippen LogP contribution in [0.5, 0.6) is 5.75 Å². The van der Waals surface area contributed by atoms with E-state index in [4.69, 9.17) is 11.5 Å². The molecule has 0 unspecified atom stereocenters.